The largest absolute Gasteiger partial charge is 0.462 e. The molecule has 0 saturated carbocycles. The SMILES string of the molecule is [2H]C([2H])([2H])N(CC(=O)OC(C)C)c1noc(=O)[nH]1. The number of carbonyl (C=O) groups is 1. The van der Waals surface area contributed by atoms with E-state index >= 15 is 0 Å². The molecule has 1 rings (SSSR count). The van der Waals surface area contributed by atoms with Crippen LogP contribution in [0.5, 0.6) is 0 Å². The van der Waals surface area contributed by atoms with Crippen molar-refractivity contribution in [3.05, 3.63) is 10.6 Å². The molecule has 84 valence electrons. The van der Waals surface area contributed by atoms with Crippen LogP contribution >= 0.6 is 0 Å². The Morgan fingerprint density at radius 2 is 2.53 bits per heavy atom. The van der Waals surface area contributed by atoms with Crippen molar-refractivity contribution in [2.45, 2.75) is 20.0 Å². The number of aromatic nitrogens is 2. The van der Waals surface area contributed by atoms with E-state index < -0.39 is 25.2 Å². The number of H-pyrrole nitrogens is 1. The molecule has 0 aromatic carbocycles. The zero-order valence-electron chi connectivity index (χ0n) is 11.3. The Labute approximate surface area is 90.2 Å². The monoisotopic (exact) mass is 218 g/mol. The number of esters is 1. The number of hydrogen-bond acceptors (Lipinski definition) is 6. The first-order valence-corrected chi connectivity index (χ1v) is 4.23. The highest BCUT2D eigenvalue weighted by Gasteiger charge is 2.13. The molecule has 1 heterocycles. The second-order valence-corrected chi connectivity index (χ2v) is 3.04. The Bertz CT molecular complexity index is 465. The van der Waals surface area contributed by atoms with E-state index in [4.69, 9.17) is 8.85 Å². The first-order chi connectivity index (χ1) is 8.20. The van der Waals surface area contributed by atoms with Crippen molar-refractivity contribution in [1.82, 2.24) is 10.1 Å². The molecule has 0 amide bonds. The summed E-state index contributed by atoms with van der Waals surface area (Å²) in [4.78, 5) is 24.9. The van der Waals surface area contributed by atoms with E-state index in [0.29, 0.717) is 4.90 Å². The quantitative estimate of drug-likeness (QED) is 0.701. The molecule has 7 heteroatoms. The van der Waals surface area contributed by atoms with Gasteiger partial charge in [0, 0.05) is 11.1 Å². The second-order valence-electron chi connectivity index (χ2n) is 3.04. The molecular formula is C8H13N3O4. The van der Waals surface area contributed by atoms with Gasteiger partial charge in [-0.3, -0.25) is 14.3 Å². The van der Waals surface area contributed by atoms with Crippen LogP contribution in [0.25, 0.3) is 0 Å². The van der Waals surface area contributed by atoms with Crippen LogP contribution in [0, 0.1) is 0 Å². The predicted molar refractivity (Wildman–Crippen MR) is 51.6 cm³/mol. The Morgan fingerprint density at radius 1 is 1.80 bits per heavy atom. The summed E-state index contributed by atoms with van der Waals surface area (Å²) < 4.78 is 30.8. The van der Waals surface area contributed by atoms with Crippen LogP contribution in [0.1, 0.15) is 18.0 Å². The normalized spacial score (nSPS) is 14.2. The first-order valence-electron chi connectivity index (χ1n) is 5.73. The van der Waals surface area contributed by atoms with Gasteiger partial charge in [-0.1, -0.05) is 0 Å². The van der Waals surface area contributed by atoms with Gasteiger partial charge in [-0.2, -0.15) is 0 Å². The van der Waals surface area contributed by atoms with E-state index in [1.807, 2.05) is 0 Å². The zero-order valence-corrected chi connectivity index (χ0v) is 8.31. The minimum Gasteiger partial charge on any atom is -0.462 e. The summed E-state index contributed by atoms with van der Waals surface area (Å²) in [5.74, 6) is -2.00. The fourth-order valence-electron chi connectivity index (χ4n) is 0.843. The van der Waals surface area contributed by atoms with E-state index in [2.05, 4.69) is 14.7 Å². The molecule has 1 aromatic heterocycles. The lowest BCUT2D eigenvalue weighted by molar-refractivity contribution is -0.145. The maximum atomic E-state index is 11.4. The van der Waals surface area contributed by atoms with Crippen LogP contribution in [-0.4, -0.2) is 35.7 Å². The lowest BCUT2D eigenvalue weighted by Gasteiger charge is -2.14. The Hall–Kier alpha value is -1.79. The molecule has 15 heavy (non-hydrogen) atoms. The predicted octanol–water partition coefficient (Wildman–Crippen LogP) is -0.249. The lowest BCUT2D eigenvalue weighted by Crippen LogP contribution is -2.29. The number of nitrogens with zero attached hydrogens (tertiary/aromatic N) is 2. The summed E-state index contributed by atoms with van der Waals surface area (Å²) >= 11 is 0. The van der Waals surface area contributed by atoms with Gasteiger partial charge in [0.1, 0.15) is 6.54 Å². The topological polar surface area (TPSA) is 88.4 Å². The van der Waals surface area contributed by atoms with Crippen molar-refractivity contribution >= 4 is 11.9 Å². The maximum Gasteiger partial charge on any atom is 0.440 e. The third kappa shape index (κ3) is 3.45. The minimum atomic E-state index is -2.66. The highest BCUT2D eigenvalue weighted by Crippen LogP contribution is 2.00. The van der Waals surface area contributed by atoms with Gasteiger partial charge >= 0.3 is 11.7 Å². The van der Waals surface area contributed by atoms with Crippen LogP contribution in [0.4, 0.5) is 5.95 Å². The van der Waals surface area contributed by atoms with Gasteiger partial charge in [0.25, 0.3) is 0 Å². The summed E-state index contributed by atoms with van der Waals surface area (Å²) in [7, 11) is 0. The van der Waals surface area contributed by atoms with Gasteiger partial charge in [-0.05, 0) is 19.0 Å². The number of ether oxygens (including phenoxy) is 1. The standard InChI is InChI=1S/C8H13N3O4/c1-5(2)14-6(12)4-11(3)7-9-8(13)15-10-7/h5H,4H2,1-3H3,(H,9,10,13)/i3D3. The van der Waals surface area contributed by atoms with Gasteiger partial charge in [-0.15, -0.1) is 0 Å². The van der Waals surface area contributed by atoms with Crippen molar-refractivity contribution in [2.24, 2.45) is 0 Å². The molecule has 0 radical (unpaired) electrons. The number of aromatic amines is 1. The third-order valence-corrected chi connectivity index (χ3v) is 1.34. The molecule has 7 nitrogen and oxygen atoms in total. The average molecular weight is 218 g/mol. The van der Waals surface area contributed by atoms with E-state index in [1.165, 1.54) is 0 Å². The smallest absolute Gasteiger partial charge is 0.440 e. The van der Waals surface area contributed by atoms with Gasteiger partial charge in [0.2, 0.25) is 5.95 Å². The van der Waals surface area contributed by atoms with Gasteiger partial charge in [-0.25, -0.2) is 4.79 Å². The maximum absolute atomic E-state index is 11.4. The summed E-state index contributed by atoms with van der Waals surface area (Å²) in [5, 5.41) is 3.23. The number of carbonyl (C=O) groups excluding carboxylic acids is 1. The molecule has 0 spiro atoms. The van der Waals surface area contributed by atoms with Crippen molar-refractivity contribution in [3.63, 3.8) is 0 Å². The fraction of sp³-hybridized carbons (Fsp3) is 0.625. The number of anilines is 1. The van der Waals surface area contributed by atoms with Crippen LogP contribution in [0.15, 0.2) is 9.32 Å². The summed E-state index contributed by atoms with van der Waals surface area (Å²) in [6, 6.07) is 0. The van der Waals surface area contributed by atoms with E-state index in [0.717, 1.165) is 0 Å². The van der Waals surface area contributed by atoms with Crippen LogP contribution in [0.2, 0.25) is 0 Å². The van der Waals surface area contributed by atoms with E-state index in [-0.39, 0.29) is 12.1 Å². The molecule has 1 N–H and O–H groups in total. The van der Waals surface area contributed by atoms with Crippen LogP contribution < -0.4 is 10.7 Å². The lowest BCUT2D eigenvalue weighted by atomic mass is 10.5. The minimum absolute atomic E-state index is 0.347. The molecule has 0 aliphatic heterocycles. The highest BCUT2D eigenvalue weighted by atomic mass is 16.5. The van der Waals surface area contributed by atoms with Crippen molar-refractivity contribution < 1.29 is 18.2 Å². The molecule has 0 saturated heterocycles. The summed E-state index contributed by atoms with van der Waals surface area (Å²) in [6.45, 7) is 0.0398. The summed E-state index contributed by atoms with van der Waals surface area (Å²) in [6.07, 6.45) is -0.368. The van der Waals surface area contributed by atoms with E-state index in [1.54, 1.807) is 13.8 Å². The highest BCUT2D eigenvalue weighted by molar-refractivity contribution is 5.74. The van der Waals surface area contributed by atoms with Crippen LogP contribution in [0.3, 0.4) is 0 Å². The van der Waals surface area contributed by atoms with Gasteiger partial charge < -0.3 is 9.64 Å². The van der Waals surface area contributed by atoms with Gasteiger partial charge in [0.05, 0.1) is 6.10 Å². The van der Waals surface area contributed by atoms with Crippen molar-refractivity contribution in [2.75, 3.05) is 18.4 Å². The fourth-order valence-corrected chi connectivity index (χ4v) is 0.843. The molecular weight excluding hydrogens is 202 g/mol. The van der Waals surface area contributed by atoms with Gasteiger partial charge in [0.15, 0.2) is 0 Å². The molecule has 0 fully saturated rings. The molecule has 1 aromatic rings. The second kappa shape index (κ2) is 4.63. The zero-order chi connectivity index (χ0) is 13.9. The Morgan fingerprint density at radius 3 is 3.00 bits per heavy atom. The molecule has 0 atom stereocenters. The molecule has 0 bridgehead atoms. The Balaban J connectivity index is 2.87. The van der Waals surface area contributed by atoms with Crippen molar-refractivity contribution in [1.29, 1.82) is 0 Å². The Kier molecular flexibility index (Phi) is 2.31. The number of rotatable bonds is 4. The first kappa shape index (κ1) is 7.49. The molecule has 0 aliphatic carbocycles. The number of hydrogen-bond donors (Lipinski definition) is 1. The van der Waals surface area contributed by atoms with E-state index in [9.17, 15) is 9.59 Å². The number of likely N-dealkylation sites (N-methyl/N-ethyl adjacent to an activating group) is 1. The van der Waals surface area contributed by atoms with Crippen LogP contribution in [-0.2, 0) is 9.53 Å². The molecule has 0 unspecified atom stereocenters. The third-order valence-electron chi connectivity index (χ3n) is 1.34. The molecule has 0 aliphatic rings. The van der Waals surface area contributed by atoms with Crippen molar-refractivity contribution in [3.8, 4) is 0 Å². The number of nitrogens with one attached hydrogen (secondary N) is 1. The summed E-state index contributed by atoms with van der Waals surface area (Å²) in [5.41, 5.74) is 0. The average Bonchev–Trinajstić information content (AvgIpc) is 2.58.